The Kier molecular flexibility index (Phi) is 5.24. The zero-order chi connectivity index (χ0) is 19.2. The van der Waals surface area contributed by atoms with Crippen molar-refractivity contribution >= 4 is 22.5 Å². The molecule has 4 rings (SSSR count). The summed E-state index contributed by atoms with van der Waals surface area (Å²) in [7, 11) is 0. The fourth-order valence-corrected chi connectivity index (χ4v) is 3.02. The molecule has 0 aliphatic rings. The number of carbonyl (C=O) groups excluding carboxylic acids is 1. The first-order chi connectivity index (χ1) is 13.8. The maximum absolute atomic E-state index is 12.3. The van der Waals surface area contributed by atoms with Gasteiger partial charge in [-0.1, -0.05) is 42.5 Å². The maximum atomic E-state index is 12.3. The van der Waals surface area contributed by atoms with Gasteiger partial charge >= 0.3 is 0 Å². The molecule has 28 heavy (non-hydrogen) atoms. The molecule has 0 aliphatic carbocycles. The van der Waals surface area contributed by atoms with Gasteiger partial charge in [-0.05, 0) is 34.5 Å². The Morgan fingerprint density at radius 3 is 2.64 bits per heavy atom. The second-order valence-electron chi connectivity index (χ2n) is 6.32. The van der Waals surface area contributed by atoms with E-state index in [9.17, 15) is 4.79 Å². The molecule has 0 radical (unpaired) electrons. The number of hydrogen-bond donors (Lipinski definition) is 2. The molecular weight excluding hydrogens is 352 g/mol. The Morgan fingerprint density at radius 1 is 0.929 bits per heavy atom. The van der Waals surface area contributed by atoms with E-state index in [1.54, 1.807) is 10.9 Å². The van der Waals surface area contributed by atoms with Crippen molar-refractivity contribution in [1.82, 2.24) is 25.3 Å². The quantitative estimate of drug-likeness (QED) is 0.487. The Bertz CT molecular complexity index is 1050. The molecule has 0 atom stereocenters. The SMILES string of the molecule is O=C(Cc1cccc2ccccc12)NCCNc1ccc(-n2cccn2)nn1. The van der Waals surface area contributed by atoms with Crippen LogP contribution in [0.4, 0.5) is 5.82 Å². The smallest absolute Gasteiger partial charge is 0.224 e. The summed E-state index contributed by atoms with van der Waals surface area (Å²) in [5.41, 5.74) is 1.03. The van der Waals surface area contributed by atoms with Crippen LogP contribution in [0, 0.1) is 0 Å². The summed E-state index contributed by atoms with van der Waals surface area (Å²) in [5, 5.41) is 20.7. The van der Waals surface area contributed by atoms with Gasteiger partial charge in [-0.15, -0.1) is 10.2 Å². The summed E-state index contributed by atoms with van der Waals surface area (Å²) >= 11 is 0. The first-order valence-corrected chi connectivity index (χ1v) is 9.10. The molecule has 7 nitrogen and oxygen atoms in total. The molecule has 4 aromatic rings. The van der Waals surface area contributed by atoms with Crippen LogP contribution in [0.3, 0.4) is 0 Å². The second kappa shape index (κ2) is 8.30. The Hall–Kier alpha value is -3.74. The highest BCUT2D eigenvalue weighted by Gasteiger charge is 2.06. The summed E-state index contributed by atoms with van der Waals surface area (Å²) < 4.78 is 1.64. The Labute approximate surface area is 162 Å². The van der Waals surface area contributed by atoms with Crippen LogP contribution in [0.25, 0.3) is 16.6 Å². The number of fused-ring (bicyclic) bond motifs is 1. The summed E-state index contributed by atoms with van der Waals surface area (Å²) in [6.07, 6.45) is 3.86. The van der Waals surface area contributed by atoms with Gasteiger partial charge in [-0.3, -0.25) is 4.79 Å². The molecule has 2 aromatic carbocycles. The molecule has 140 valence electrons. The molecule has 0 unspecified atom stereocenters. The zero-order valence-corrected chi connectivity index (χ0v) is 15.2. The average molecular weight is 372 g/mol. The van der Waals surface area contributed by atoms with E-state index in [1.807, 2.05) is 54.7 Å². The van der Waals surface area contributed by atoms with Crippen LogP contribution in [0.1, 0.15) is 5.56 Å². The van der Waals surface area contributed by atoms with Crippen LogP contribution in [0.5, 0.6) is 0 Å². The highest BCUT2D eigenvalue weighted by molar-refractivity contribution is 5.90. The van der Waals surface area contributed by atoms with Crippen molar-refractivity contribution in [2.75, 3.05) is 18.4 Å². The van der Waals surface area contributed by atoms with Crippen molar-refractivity contribution in [3.63, 3.8) is 0 Å². The molecule has 0 aliphatic heterocycles. The van der Waals surface area contributed by atoms with Gasteiger partial charge in [0.25, 0.3) is 0 Å². The summed E-state index contributed by atoms with van der Waals surface area (Å²) in [6, 6.07) is 19.6. The third-order valence-corrected chi connectivity index (χ3v) is 4.37. The molecule has 1 amide bonds. The van der Waals surface area contributed by atoms with E-state index in [1.165, 1.54) is 0 Å². The molecule has 0 spiro atoms. The predicted octanol–water partition coefficient (Wildman–Crippen LogP) is 2.59. The minimum absolute atomic E-state index is 0.00160. The fraction of sp³-hybridized carbons (Fsp3) is 0.143. The number of nitrogens with one attached hydrogen (secondary N) is 2. The lowest BCUT2D eigenvalue weighted by atomic mass is 10.0. The molecule has 0 saturated carbocycles. The van der Waals surface area contributed by atoms with Crippen molar-refractivity contribution < 1.29 is 4.79 Å². The van der Waals surface area contributed by atoms with Crippen LogP contribution in [-0.2, 0) is 11.2 Å². The molecule has 2 heterocycles. The molecule has 2 aromatic heterocycles. The van der Waals surface area contributed by atoms with Crippen molar-refractivity contribution in [1.29, 1.82) is 0 Å². The van der Waals surface area contributed by atoms with Crippen molar-refractivity contribution in [3.05, 3.63) is 78.6 Å². The number of hydrogen-bond acceptors (Lipinski definition) is 5. The Morgan fingerprint density at radius 2 is 1.82 bits per heavy atom. The highest BCUT2D eigenvalue weighted by Crippen LogP contribution is 2.18. The average Bonchev–Trinajstić information content (AvgIpc) is 3.27. The summed E-state index contributed by atoms with van der Waals surface area (Å²) in [5.74, 6) is 1.30. The van der Waals surface area contributed by atoms with E-state index in [0.29, 0.717) is 31.1 Å². The fourth-order valence-electron chi connectivity index (χ4n) is 3.02. The van der Waals surface area contributed by atoms with Gasteiger partial charge < -0.3 is 10.6 Å². The van der Waals surface area contributed by atoms with Gasteiger partial charge in [-0.2, -0.15) is 5.10 Å². The van der Waals surface area contributed by atoms with E-state index in [-0.39, 0.29) is 5.91 Å². The van der Waals surface area contributed by atoms with Crippen LogP contribution in [0.15, 0.2) is 73.1 Å². The lowest BCUT2D eigenvalue weighted by Gasteiger charge is -2.09. The van der Waals surface area contributed by atoms with Crippen molar-refractivity contribution in [2.24, 2.45) is 0 Å². The minimum atomic E-state index is -0.00160. The lowest BCUT2D eigenvalue weighted by molar-refractivity contribution is -0.120. The summed E-state index contributed by atoms with van der Waals surface area (Å²) in [4.78, 5) is 12.3. The van der Waals surface area contributed by atoms with Crippen LogP contribution in [-0.4, -0.2) is 39.0 Å². The van der Waals surface area contributed by atoms with Gasteiger partial charge in [0, 0.05) is 25.5 Å². The molecule has 0 saturated heterocycles. The van der Waals surface area contributed by atoms with Crippen LogP contribution in [0.2, 0.25) is 0 Å². The summed E-state index contributed by atoms with van der Waals surface area (Å²) in [6.45, 7) is 1.07. The monoisotopic (exact) mass is 372 g/mol. The molecule has 2 N–H and O–H groups in total. The normalized spacial score (nSPS) is 10.7. The number of carbonyl (C=O) groups is 1. The molecular formula is C21H20N6O. The van der Waals surface area contributed by atoms with Crippen molar-refractivity contribution in [2.45, 2.75) is 6.42 Å². The van der Waals surface area contributed by atoms with Crippen LogP contribution < -0.4 is 10.6 Å². The largest absolute Gasteiger partial charge is 0.367 e. The van der Waals surface area contributed by atoms with Gasteiger partial charge in [0.1, 0.15) is 5.82 Å². The van der Waals surface area contributed by atoms with Gasteiger partial charge in [-0.25, -0.2) is 4.68 Å². The third kappa shape index (κ3) is 4.15. The lowest BCUT2D eigenvalue weighted by Crippen LogP contribution is -2.30. The molecule has 0 bridgehead atoms. The number of benzene rings is 2. The van der Waals surface area contributed by atoms with Crippen LogP contribution >= 0.6 is 0 Å². The van der Waals surface area contributed by atoms with E-state index < -0.39 is 0 Å². The molecule has 7 heteroatoms. The number of nitrogens with zero attached hydrogens (tertiary/aromatic N) is 4. The topological polar surface area (TPSA) is 84.7 Å². The molecule has 0 fully saturated rings. The van der Waals surface area contributed by atoms with E-state index >= 15 is 0 Å². The maximum Gasteiger partial charge on any atom is 0.224 e. The van der Waals surface area contributed by atoms with Gasteiger partial charge in [0.2, 0.25) is 5.91 Å². The zero-order valence-electron chi connectivity index (χ0n) is 15.2. The van der Waals surface area contributed by atoms with Crippen molar-refractivity contribution in [3.8, 4) is 5.82 Å². The van der Waals surface area contributed by atoms with E-state index in [4.69, 9.17) is 0 Å². The number of aromatic nitrogens is 4. The number of anilines is 1. The first-order valence-electron chi connectivity index (χ1n) is 9.10. The predicted molar refractivity (Wildman–Crippen MR) is 108 cm³/mol. The Balaban J connectivity index is 1.25. The van der Waals surface area contributed by atoms with E-state index in [2.05, 4.69) is 38.1 Å². The second-order valence-corrected chi connectivity index (χ2v) is 6.32. The number of amides is 1. The van der Waals surface area contributed by atoms with Gasteiger partial charge in [0.15, 0.2) is 5.82 Å². The highest BCUT2D eigenvalue weighted by atomic mass is 16.1. The minimum Gasteiger partial charge on any atom is -0.367 e. The third-order valence-electron chi connectivity index (χ3n) is 4.37. The standard InChI is InChI=1S/C21H20N6O/c28-21(15-17-7-3-6-16-5-1-2-8-18(16)17)23-13-12-22-19-9-10-20(26-25-19)27-14-4-11-24-27/h1-11,14H,12-13,15H2,(H,22,25)(H,23,28). The van der Waals surface area contributed by atoms with Gasteiger partial charge in [0.05, 0.1) is 6.42 Å². The first kappa shape index (κ1) is 17.7. The van der Waals surface area contributed by atoms with E-state index in [0.717, 1.165) is 16.3 Å². The number of rotatable bonds is 7.